The van der Waals surface area contributed by atoms with Gasteiger partial charge in [0, 0.05) is 6.54 Å². The van der Waals surface area contributed by atoms with Crippen LogP contribution in [0.15, 0.2) is 47.4 Å². The van der Waals surface area contributed by atoms with Crippen LogP contribution in [0.5, 0.6) is 5.75 Å². The van der Waals surface area contributed by atoms with Crippen LogP contribution in [0.4, 0.5) is 4.39 Å². The van der Waals surface area contributed by atoms with Crippen molar-refractivity contribution in [2.75, 3.05) is 13.2 Å². The first-order chi connectivity index (χ1) is 12.9. The van der Waals surface area contributed by atoms with Gasteiger partial charge in [0.15, 0.2) is 6.61 Å². The molecule has 0 fully saturated rings. The number of halogens is 1. The van der Waals surface area contributed by atoms with Crippen molar-refractivity contribution in [3.63, 3.8) is 0 Å². The molecule has 0 aliphatic heterocycles. The van der Waals surface area contributed by atoms with E-state index in [1.54, 1.807) is 6.07 Å². The molecule has 27 heavy (non-hydrogen) atoms. The molecule has 1 amide bonds. The number of hydrogen-bond donors (Lipinski definition) is 2. The highest BCUT2D eigenvalue weighted by atomic mass is 32.2. The third-order valence-electron chi connectivity index (χ3n) is 4.60. The van der Waals surface area contributed by atoms with Crippen LogP contribution in [0.1, 0.15) is 29.9 Å². The van der Waals surface area contributed by atoms with Crippen molar-refractivity contribution in [1.82, 2.24) is 4.72 Å². The van der Waals surface area contributed by atoms with E-state index in [1.807, 2.05) is 12.1 Å². The minimum Gasteiger partial charge on any atom is -0.483 e. The molecular formula is C19H21FN2O4S. The Morgan fingerprint density at radius 3 is 2.67 bits per heavy atom. The number of nitrogens with two attached hydrogens (primary N) is 1. The van der Waals surface area contributed by atoms with Gasteiger partial charge in [-0.3, -0.25) is 4.79 Å². The SMILES string of the molecule is NC(=O)COc1cccc2c1CCCC2CNS(=O)(=O)c1ccc(F)cc1. The Hall–Kier alpha value is -2.45. The summed E-state index contributed by atoms with van der Waals surface area (Å²) in [4.78, 5) is 11.0. The molecule has 0 aromatic heterocycles. The van der Waals surface area contributed by atoms with Crippen LogP contribution in [0.2, 0.25) is 0 Å². The molecule has 2 aromatic carbocycles. The quantitative estimate of drug-likeness (QED) is 0.754. The van der Waals surface area contributed by atoms with E-state index in [0.29, 0.717) is 5.75 Å². The summed E-state index contributed by atoms with van der Waals surface area (Å²) >= 11 is 0. The summed E-state index contributed by atoms with van der Waals surface area (Å²) in [5.41, 5.74) is 7.13. The first-order valence-electron chi connectivity index (χ1n) is 8.65. The molecular weight excluding hydrogens is 371 g/mol. The Morgan fingerprint density at radius 2 is 1.96 bits per heavy atom. The summed E-state index contributed by atoms with van der Waals surface area (Å²) in [6, 6.07) is 10.3. The monoisotopic (exact) mass is 392 g/mol. The second-order valence-electron chi connectivity index (χ2n) is 6.47. The van der Waals surface area contributed by atoms with E-state index in [1.165, 1.54) is 12.1 Å². The molecule has 1 aliphatic rings. The van der Waals surface area contributed by atoms with Crippen molar-refractivity contribution in [1.29, 1.82) is 0 Å². The molecule has 0 heterocycles. The average Bonchev–Trinajstić information content (AvgIpc) is 2.65. The molecule has 0 saturated carbocycles. The van der Waals surface area contributed by atoms with Crippen molar-refractivity contribution in [3.8, 4) is 5.75 Å². The van der Waals surface area contributed by atoms with E-state index in [0.717, 1.165) is 42.5 Å². The minimum absolute atomic E-state index is 0.0129. The van der Waals surface area contributed by atoms with Crippen molar-refractivity contribution in [2.45, 2.75) is 30.1 Å². The number of nitrogens with one attached hydrogen (secondary N) is 1. The molecule has 144 valence electrons. The van der Waals surface area contributed by atoms with Crippen molar-refractivity contribution in [3.05, 3.63) is 59.4 Å². The summed E-state index contributed by atoms with van der Waals surface area (Å²) in [7, 11) is -3.72. The van der Waals surface area contributed by atoms with Crippen LogP contribution in [-0.2, 0) is 21.2 Å². The van der Waals surface area contributed by atoms with Gasteiger partial charge in [0.25, 0.3) is 5.91 Å². The van der Waals surface area contributed by atoms with E-state index >= 15 is 0 Å². The highest BCUT2D eigenvalue weighted by molar-refractivity contribution is 7.89. The molecule has 0 radical (unpaired) electrons. The first kappa shape index (κ1) is 19.3. The normalized spacial score (nSPS) is 16.6. The van der Waals surface area contributed by atoms with Crippen LogP contribution in [0, 0.1) is 5.82 Å². The average molecular weight is 392 g/mol. The van der Waals surface area contributed by atoms with Gasteiger partial charge in [-0.25, -0.2) is 17.5 Å². The van der Waals surface area contributed by atoms with E-state index < -0.39 is 21.7 Å². The van der Waals surface area contributed by atoms with Crippen LogP contribution in [0.3, 0.4) is 0 Å². The molecule has 1 aliphatic carbocycles. The Balaban J connectivity index is 1.75. The van der Waals surface area contributed by atoms with E-state index in [-0.39, 0.29) is 24.0 Å². The van der Waals surface area contributed by atoms with Crippen molar-refractivity contribution >= 4 is 15.9 Å². The zero-order valence-corrected chi connectivity index (χ0v) is 15.5. The van der Waals surface area contributed by atoms with E-state index in [2.05, 4.69) is 4.72 Å². The van der Waals surface area contributed by atoms with Gasteiger partial charge in [-0.1, -0.05) is 12.1 Å². The van der Waals surface area contributed by atoms with Gasteiger partial charge in [0.05, 0.1) is 4.90 Å². The molecule has 1 atom stereocenters. The highest BCUT2D eigenvalue weighted by Gasteiger charge is 2.25. The lowest BCUT2D eigenvalue weighted by molar-refractivity contribution is -0.119. The summed E-state index contributed by atoms with van der Waals surface area (Å²) in [6.07, 6.45) is 2.51. The topological polar surface area (TPSA) is 98.5 Å². The number of fused-ring (bicyclic) bond motifs is 1. The van der Waals surface area contributed by atoms with Gasteiger partial charge < -0.3 is 10.5 Å². The molecule has 0 bridgehead atoms. The lowest BCUT2D eigenvalue weighted by atomic mass is 9.82. The number of benzene rings is 2. The van der Waals surface area contributed by atoms with Crippen LogP contribution < -0.4 is 15.2 Å². The second kappa shape index (κ2) is 8.06. The van der Waals surface area contributed by atoms with Crippen molar-refractivity contribution < 1.29 is 22.3 Å². The Morgan fingerprint density at radius 1 is 1.22 bits per heavy atom. The largest absolute Gasteiger partial charge is 0.483 e. The van der Waals surface area contributed by atoms with Crippen LogP contribution in [0.25, 0.3) is 0 Å². The van der Waals surface area contributed by atoms with Gasteiger partial charge in [-0.2, -0.15) is 0 Å². The fourth-order valence-electron chi connectivity index (χ4n) is 3.32. The standard InChI is InChI=1S/C19H21FN2O4S/c20-14-7-9-15(10-8-14)27(24,25)22-11-13-3-1-5-17-16(13)4-2-6-18(17)26-12-19(21)23/h2,4,6-10,13,22H,1,3,5,11-12H2,(H2,21,23). The molecule has 3 rings (SSSR count). The number of hydrogen-bond acceptors (Lipinski definition) is 4. The number of carbonyl (C=O) groups excluding carboxylic acids is 1. The zero-order chi connectivity index (χ0) is 19.4. The number of ether oxygens (including phenoxy) is 1. The lowest BCUT2D eigenvalue weighted by Gasteiger charge is -2.27. The molecule has 1 unspecified atom stereocenters. The van der Waals surface area contributed by atoms with Gasteiger partial charge in [-0.15, -0.1) is 0 Å². The number of carbonyl (C=O) groups is 1. The number of amides is 1. The smallest absolute Gasteiger partial charge is 0.255 e. The summed E-state index contributed by atoms with van der Waals surface area (Å²) in [5, 5.41) is 0. The summed E-state index contributed by atoms with van der Waals surface area (Å²) in [6.45, 7) is 0.0320. The molecule has 2 aromatic rings. The maximum absolute atomic E-state index is 13.0. The van der Waals surface area contributed by atoms with Crippen LogP contribution >= 0.6 is 0 Å². The van der Waals surface area contributed by atoms with Crippen LogP contribution in [-0.4, -0.2) is 27.5 Å². The summed E-state index contributed by atoms with van der Waals surface area (Å²) < 4.78 is 46.0. The minimum atomic E-state index is -3.72. The lowest BCUT2D eigenvalue weighted by Crippen LogP contribution is -2.30. The third kappa shape index (κ3) is 4.64. The second-order valence-corrected chi connectivity index (χ2v) is 8.24. The highest BCUT2D eigenvalue weighted by Crippen LogP contribution is 2.36. The first-order valence-corrected chi connectivity index (χ1v) is 10.1. The Bertz CT molecular complexity index is 929. The number of rotatable bonds is 7. The van der Waals surface area contributed by atoms with Gasteiger partial charge in [0.2, 0.25) is 10.0 Å². The van der Waals surface area contributed by atoms with Gasteiger partial charge in [-0.05, 0) is 66.6 Å². The molecule has 8 heteroatoms. The Labute approximate surface area is 157 Å². The van der Waals surface area contributed by atoms with E-state index in [9.17, 15) is 17.6 Å². The van der Waals surface area contributed by atoms with Crippen molar-refractivity contribution in [2.24, 2.45) is 5.73 Å². The molecule has 3 N–H and O–H groups in total. The fraction of sp³-hybridized carbons (Fsp3) is 0.316. The Kier molecular flexibility index (Phi) is 5.76. The molecule has 0 spiro atoms. The number of sulfonamides is 1. The predicted octanol–water partition coefficient (Wildman–Crippen LogP) is 2.09. The molecule has 6 nitrogen and oxygen atoms in total. The van der Waals surface area contributed by atoms with Gasteiger partial charge in [0.1, 0.15) is 11.6 Å². The number of primary amides is 1. The third-order valence-corrected chi connectivity index (χ3v) is 6.04. The maximum atomic E-state index is 13.0. The zero-order valence-electron chi connectivity index (χ0n) is 14.7. The maximum Gasteiger partial charge on any atom is 0.255 e. The predicted molar refractivity (Wildman–Crippen MR) is 98.4 cm³/mol. The molecule has 0 saturated heterocycles. The fourth-order valence-corrected chi connectivity index (χ4v) is 4.40. The summed E-state index contributed by atoms with van der Waals surface area (Å²) in [5.74, 6) is -0.441. The van der Waals surface area contributed by atoms with E-state index in [4.69, 9.17) is 10.5 Å². The van der Waals surface area contributed by atoms with Gasteiger partial charge >= 0.3 is 0 Å².